The molecule has 2 rings (SSSR count). The van der Waals surface area contributed by atoms with Gasteiger partial charge in [-0.05, 0) is 60.9 Å². The first kappa shape index (κ1) is 15.5. The van der Waals surface area contributed by atoms with Crippen molar-refractivity contribution in [2.24, 2.45) is 0 Å². The minimum absolute atomic E-state index is 0.0000289. The number of rotatable bonds is 5. The van der Waals surface area contributed by atoms with Gasteiger partial charge in [-0.3, -0.25) is 4.79 Å². The van der Waals surface area contributed by atoms with Gasteiger partial charge in [0.1, 0.15) is 11.8 Å². The third-order valence-corrected chi connectivity index (χ3v) is 3.40. The number of nitrogens with zero attached hydrogens (tertiary/aromatic N) is 1. The van der Waals surface area contributed by atoms with Gasteiger partial charge in [0.25, 0.3) is 0 Å². The van der Waals surface area contributed by atoms with E-state index < -0.39 is 0 Å². The number of benzene rings is 2. The standard InChI is InChI=1S/C19H17NO2/c1-14-3-4-16(13-15(14)2)5-10-19(21)17-6-8-18(9-7-17)22-12-11-20/h3-10,13H,12H2,1-2H3. The number of carbonyl (C=O) groups excluding carboxylic acids is 1. The van der Waals surface area contributed by atoms with E-state index in [1.807, 2.05) is 24.3 Å². The molecule has 0 aliphatic heterocycles. The van der Waals surface area contributed by atoms with Gasteiger partial charge in [-0.15, -0.1) is 0 Å². The van der Waals surface area contributed by atoms with Crippen LogP contribution in [0.4, 0.5) is 0 Å². The molecule has 110 valence electrons. The van der Waals surface area contributed by atoms with Crippen LogP contribution in [0.25, 0.3) is 6.08 Å². The van der Waals surface area contributed by atoms with Crippen molar-refractivity contribution < 1.29 is 9.53 Å². The fourth-order valence-corrected chi connectivity index (χ4v) is 1.97. The molecule has 0 heterocycles. The lowest BCUT2D eigenvalue weighted by Gasteiger charge is -2.02. The van der Waals surface area contributed by atoms with Gasteiger partial charge >= 0.3 is 0 Å². The van der Waals surface area contributed by atoms with Gasteiger partial charge in [0.15, 0.2) is 12.4 Å². The van der Waals surface area contributed by atoms with Crippen molar-refractivity contribution in [1.29, 1.82) is 5.26 Å². The van der Waals surface area contributed by atoms with Crippen LogP contribution in [-0.2, 0) is 0 Å². The molecule has 0 saturated carbocycles. The van der Waals surface area contributed by atoms with Crippen LogP contribution in [0, 0.1) is 25.2 Å². The first-order valence-corrected chi connectivity index (χ1v) is 6.99. The highest BCUT2D eigenvalue weighted by Crippen LogP contribution is 2.14. The highest BCUT2D eigenvalue weighted by Gasteiger charge is 2.02. The Hall–Kier alpha value is -2.86. The van der Waals surface area contributed by atoms with Gasteiger partial charge < -0.3 is 4.74 Å². The second-order valence-corrected chi connectivity index (χ2v) is 5.01. The number of ketones is 1. The third kappa shape index (κ3) is 4.07. The molecule has 0 aliphatic rings. The van der Waals surface area contributed by atoms with E-state index >= 15 is 0 Å². The van der Waals surface area contributed by atoms with Gasteiger partial charge in [0.05, 0.1) is 0 Å². The summed E-state index contributed by atoms with van der Waals surface area (Å²) < 4.78 is 5.15. The molecule has 0 fully saturated rings. The lowest BCUT2D eigenvalue weighted by atomic mass is 10.0. The Kier molecular flexibility index (Phi) is 5.11. The van der Waals surface area contributed by atoms with Crippen molar-refractivity contribution in [1.82, 2.24) is 0 Å². The van der Waals surface area contributed by atoms with Gasteiger partial charge in [-0.1, -0.05) is 24.3 Å². The summed E-state index contributed by atoms with van der Waals surface area (Å²) in [4.78, 5) is 12.1. The van der Waals surface area contributed by atoms with Gasteiger partial charge in [-0.2, -0.15) is 5.26 Å². The molecular weight excluding hydrogens is 274 g/mol. The number of hydrogen-bond donors (Lipinski definition) is 0. The van der Waals surface area contributed by atoms with E-state index in [0.717, 1.165) is 5.56 Å². The Morgan fingerprint density at radius 2 is 1.86 bits per heavy atom. The summed E-state index contributed by atoms with van der Waals surface area (Å²) in [6.07, 6.45) is 3.38. The Morgan fingerprint density at radius 1 is 1.14 bits per heavy atom. The van der Waals surface area contributed by atoms with E-state index in [1.54, 1.807) is 30.3 Å². The quantitative estimate of drug-likeness (QED) is 0.615. The average molecular weight is 291 g/mol. The second kappa shape index (κ2) is 7.24. The first-order valence-electron chi connectivity index (χ1n) is 6.99. The lowest BCUT2D eigenvalue weighted by molar-refractivity contribution is 0.104. The number of carbonyl (C=O) groups is 1. The Labute approximate surface area is 130 Å². The van der Waals surface area contributed by atoms with Crippen LogP contribution in [0.15, 0.2) is 48.5 Å². The maximum Gasteiger partial charge on any atom is 0.185 e. The van der Waals surface area contributed by atoms with Crippen molar-refractivity contribution in [3.63, 3.8) is 0 Å². The smallest absolute Gasteiger partial charge is 0.185 e. The maximum absolute atomic E-state index is 12.1. The number of allylic oxidation sites excluding steroid dienone is 1. The zero-order valence-electron chi connectivity index (χ0n) is 12.7. The molecule has 0 N–H and O–H groups in total. The predicted molar refractivity (Wildman–Crippen MR) is 86.8 cm³/mol. The predicted octanol–water partition coefficient (Wildman–Crippen LogP) is 4.10. The zero-order valence-corrected chi connectivity index (χ0v) is 12.7. The van der Waals surface area contributed by atoms with E-state index in [4.69, 9.17) is 10.00 Å². The van der Waals surface area contributed by atoms with E-state index in [9.17, 15) is 4.79 Å². The molecule has 0 aromatic heterocycles. The van der Waals surface area contributed by atoms with Crippen LogP contribution in [-0.4, -0.2) is 12.4 Å². The minimum Gasteiger partial charge on any atom is -0.479 e. The highest BCUT2D eigenvalue weighted by atomic mass is 16.5. The molecule has 2 aromatic rings. The van der Waals surface area contributed by atoms with Crippen molar-refractivity contribution in [3.8, 4) is 11.8 Å². The fourth-order valence-electron chi connectivity index (χ4n) is 1.97. The Bertz CT molecular complexity index is 737. The second-order valence-electron chi connectivity index (χ2n) is 5.01. The van der Waals surface area contributed by atoms with E-state index in [0.29, 0.717) is 11.3 Å². The maximum atomic E-state index is 12.1. The van der Waals surface area contributed by atoms with Crippen LogP contribution in [0.3, 0.4) is 0 Å². The van der Waals surface area contributed by atoms with Crippen LogP contribution < -0.4 is 4.74 Å². The monoisotopic (exact) mass is 291 g/mol. The van der Waals surface area contributed by atoms with E-state index in [-0.39, 0.29) is 12.4 Å². The molecule has 0 bridgehead atoms. The molecule has 0 amide bonds. The number of nitriles is 1. The molecular formula is C19H17NO2. The molecule has 0 saturated heterocycles. The van der Waals surface area contributed by atoms with Gasteiger partial charge in [-0.25, -0.2) is 0 Å². The van der Waals surface area contributed by atoms with Crippen LogP contribution >= 0.6 is 0 Å². The van der Waals surface area contributed by atoms with Crippen LogP contribution in [0.2, 0.25) is 0 Å². The molecule has 0 aliphatic carbocycles. The van der Waals surface area contributed by atoms with Crippen LogP contribution in [0.1, 0.15) is 27.0 Å². The minimum atomic E-state index is -0.0648. The van der Waals surface area contributed by atoms with Crippen molar-refractivity contribution in [3.05, 3.63) is 70.8 Å². The number of hydrogen-bond acceptors (Lipinski definition) is 3. The number of aryl methyl sites for hydroxylation is 2. The topological polar surface area (TPSA) is 50.1 Å². The highest BCUT2D eigenvalue weighted by molar-refractivity contribution is 6.06. The van der Waals surface area contributed by atoms with Crippen molar-refractivity contribution >= 4 is 11.9 Å². The molecule has 2 aromatic carbocycles. The zero-order chi connectivity index (χ0) is 15.9. The third-order valence-electron chi connectivity index (χ3n) is 3.40. The fraction of sp³-hybridized carbons (Fsp3) is 0.158. The summed E-state index contributed by atoms with van der Waals surface area (Å²) in [7, 11) is 0. The average Bonchev–Trinajstić information content (AvgIpc) is 2.54. The first-order chi connectivity index (χ1) is 10.6. The summed E-state index contributed by atoms with van der Waals surface area (Å²) in [5.41, 5.74) is 4.03. The van der Waals surface area contributed by atoms with E-state index in [1.165, 1.54) is 11.1 Å². The van der Waals surface area contributed by atoms with E-state index in [2.05, 4.69) is 19.9 Å². The summed E-state index contributed by atoms with van der Waals surface area (Å²) in [5, 5.41) is 8.45. The molecule has 22 heavy (non-hydrogen) atoms. The summed E-state index contributed by atoms with van der Waals surface area (Å²) in [5.74, 6) is 0.515. The van der Waals surface area contributed by atoms with Crippen LogP contribution in [0.5, 0.6) is 5.75 Å². The van der Waals surface area contributed by atoms with Crippen molar-refractivity contribution in [2.45, 2.75) is 13.8 Å². The molecule has 0 unspecified atom stereocenters. The Balaban J connectivity index is 2.06. The number of ether oxygens (including phenoxy) is 1. The molecule has 0 radical (unpaired) electrons. The molecule has 0 spiro atoms. The van der Waals surface area contributed by atoms with Gasteiger partial charge in [0.2, 0.25) is 0 Å². The summed E-state index contributed by atoms with van der Waals surface area (Å²) in [6.45, 7) is 4.11. The lowest BCUT2D eigenvalue weighted by Crippen LogP contribution is -1.96. The molecule has 0 atom stereocenters. The summed E-state index contributed by atoms with van der Waals surface area (Å²) in [6, 6.07) is 14.8. The SMILES string of the molecule is Cc1ccc(C=CC(=O)c2ccc(OCC#N)cc2)cc1C. The van der Waals surface area contributed by atoms with Crippen molar-refractivity contribution in [2.75, 3.05) is 6.61 Å². The molecule has 3 nitrogen and oxygen atoms in total. The summed E-state index contributed by atoms with van der Waals surface area (Å²) >= 11 is 0. The Morgan fingerprint density at radius 3 is 2.50 bits per heavy atom. The molecule has 3 heteroatoms. The normalized spacial score (nSPS) is 10.4. The van der Waals surface area contributed by atoms with Gasteiger partial charge in [0, 0.05) is 5.56 Å². The largest absolute Gasteiger partial charge is 0.479 e.